The summed E-state index contributed by atoms with van der Waals surface area (Å²) >= 11 is 1.28. The minimum Gasteiger partial charge on any atom is -0.469 e. The average Bonchev–Trinajstić information content (AvgIpc) is 2.91. The summed E-state index contributed by atoms with van der Waals surface area (Å²) in [6.45, 7) is 1.93. The maximum Gasteiger partial charge on any atom is 0.305 e. The number of halogens is 1. The van der Waals surface area contributed by atoms with Gasteiger partial charge in [0.1, 0.15) is 5.01 Å². The number of nitrogens with one attached hydrogen (secondary N) is 1. The molecule has 0 saturated heterocycles. The highest BCUT2D eigenvalue weighted by Crippen LogP contribution is 2.32. The van der Waals surface area contributed by atoms with E-state index in [1.54, 1.807) is 0 Å². The number of amides is 1. The Morgan fingerprint density at radius 2 is 2.17 bits per heavy atom. The number of carbonyl (C=O) groups is 2. The van der Waals surface area contributed by atoms with Gasteiger partial charge in [-0.05, 0) is 19.8 Å². The number of carbonyl (C=O) groups excluding carboxylic acids is 2. The van der Waals surface area contributed by atoms with Crippen LogP contribution in [-0.4, -0.2) is 34.7 Å². The summed E-state index contributed by atoms with van der Waals surface area (Å²) < 4.78 is 4.58. The number of aromatic nitrogens is 2. The van der Waals surface area contributed by atoms with Gasteiger partial charge >= 0.3 is 5.97 Å². The molecule has 2 rings (SSSR count). The Hall–Kier alpha value is -1.25. The van der Waals surface area contributed by atoms with Gasteiger partial charge in [0.25, 0.3) is 0 Å². The van der Waals surface area contributed by atoms with E-state index in [0.29, 0.717) is 16.6 Å². The monoisotopic (exact) mass is 362 g/mol. The number of anilines is 1. The van der Waals surface area contributed by atoms with Crippen LogP contribution in [-0.2, 0) is 20.7 Å². The largest absolute Gasteiger partial charge is 0.469 e. The number of hydrogen-bond acceptors (Lipinski definition) is 7. The highest BCUT2D eigenvalue weighted by molar-refractivity contribution is 7.15. The predicted octanol–water partition coefficient (Wildman–Crippen LogP) is 1.91. The third-order valence-corrected chi connectivity index (χ3v) is 4.94. The van der Waals surface area contributed by atoms with Crippen molar-refractivity contribution in [1.82, 2.24) is 10.2 Å². The quantitative estimate of drug-likeness (QED) is 0.775. The van der Waals surface area contributed by atoms with Crippen molar-refractivity contribution in [2.24, 2.45) is 11.7 Å². The summed E-state index contributed by atoms with van der Waals surface area (Å²) in [5.74, 6) is -0.592. The van der Waals surface area contributed by atoms with E-state index < -0.39 is 5.54 Å². The number of rotatable bonds is 5. The van der Waals surface area contributed by atoms with Gasteiger partial charge in [-0.1, -0.05) is 24.2 Å². The molecule has 1 heterocycles. The topological polar surface area (TPSA) is 107 Å². The number of nitrogens with two attached hydrogens (primary N) is 1. The number of hydrogen-bond donors (Lipinski definition) is 2. The van der Waals surface area contributed by atoms with Gasteiger partial charge in [0.15, 0.2) is 0 Å². The van der Waals surface area contributed by atoms with E-state index in [-0.39, 0.29) is 36.6 Å². The Kier molecular flexibility index (Phi) is 7.37. The fourth-order valence-electron chi connectivity index (χ4n) is 2.70. The average molecular weight is 363 g/mol. The van der Waals surface area contributed by atoms with Crippen LogP contribution in [0.1, 0.15) is 44.0 Å². The highest BCUT2D eigenvalue weighted by Gasteiger charge is 2.38. The summed E-state index contributed by atoms with van der Waals surface area (Å²) in [6, 6.07) is 0. The lowest BCUT2D eigenvalue weighted by molar-refractivity contribution is -0.140. The molecule has 23 heavy (non-hydrogen) atoms. The van der Waals surface area contributed by atoms with Crippen LogP contribution in [0.4, 0.5) is 5.13 Å². The zero-order valence-corrected chi connectivity index (χ0v) is 15.0. The first kappa shape index (κ1) is 19.8. The standard InChI is InChI=1S/C14H22N4O3S.ClH/c1-14(15)8-4-3-5-9(14)12(20)16-13-18-17-10(22-13)6-7-11(19)21-2;/h9H,3-8,15H2,1-2H3,(H,16,18,20);1H. The van der Waals surface area contributed by atoms with Crippen LogP contribution in [0, 0.1) is 5.92 Å². The lowest BCUT2D eigenvalue weighted by Gasteiger charge is -2.36. The molecule has 1 amide bonds. The number of methoxy groups -OCH3 is 1. The van der Waals surface area contributed by atoms with Crippen molar-refractivity contribution in [3.63, 3.8) is 0 Å². The van der Waals surface area contributed by atoms with Crippen molar-refractivity contribution < 1.29 is 14.3 Å². The first-order valence-electron chi connectivity index (χ1n) is 7.41. The number of aryl methyl sites for hydroxylation is 1. The van der Waals surface area contributed by atoms with Crippen LogP contribution < -0.4 is 11.1 Å². The van der Waals surface area contributed by atoms with Crippen molar-refractivity contribution in [1.29, 1.82) is 0 Å². The predicted molar refractivity (Wildman–Crippen MR) is 90.7 cm³/mol. The normalized spacial score (nSPS) is 23.7. The fraction of sp³-hybridized carbons (Fsp3) is 0.714. The van der Waals surface area contributed by atoms with Gasteiger partial charge in [-0.15, -0.1) is 22.6 Å². The van der Waals surface area contributed by atoms with Gasteiger partial charge in [0, 0.05) is 12.0 Å². The second kappa shape index (κ2) is 8.56. The molecule has 0 spiro atoms. The lowest BCUT2D eigenvalue weighted by atomic mass is 9.74. The summed E-state index contributed by atoms with van der Waals surface area (Å²) in [4.78, 5) is 23.5. The molecule has 2 atom stereocenters. The van der Waals surface area contributed by atoms with Crippen molar-refractivity contribution in [2.45, 2.75) is 51.0 Å². The second-order valence-corrected chi connectivity index (χ2v) is 6.93. The molecule has 0 radical (unpaired) electrons. The maximum atomic E-state index is 12.4. The molecule has 1 aliphatic rings. The van der Waals surface area contributed by atoms with Crippen LogP contribution in [0.5, 0.6) is 0 Å². The first-order valence-corrected chi connectivity index (χ1v) is 8.23. The van der Waals surface area contributed by atoms with Crippen molar-refractivity contribution in [2.75, 3.05) is 12.4 Å². The smallest absolute Gasteiger partial charge is 0.305 e. The molecule has 1 saturated carbocycles. The van der Waals surface area contributed by atoms with Crippen LogP contribution >= 0.6 is 23.7 Å². The van der Waals surface area contributed by atoms with Gasteiger partial charge < -0.3 is 15.8 Å². The molecule has 1 aromatic heterocycles. The summed E-state index contributed by atoms with van der Waals surface area (Å²) in [5.41, 5.74) is 5.76. The fourth-order valence-corrected chi connectivity index (χ4v) is 3.44. The molecule has 1 aliphatic carbocycles. The number of ether oxygens (including phenoxy) is 1. The van der Waals surface area contributed by atoms with E-state index in [1.165, 1.54) is 18.4 Å². The van der Waals surface area contributed by atoms with Gasteiger partial charge in [0.2, 0.25) is 11.0 Å². The van der Waals surface area contributed by atoms with E-state index in [1.807, 2.05) is 6.92 Å². The Bertz CT molecular complexity index is 550. The number of nitrogens with zero attached hydrogens (tertiary/aromatic N) is 2. The lowest BCUT2D eigenvalue weighted by Crippen LogP contribution is -2.51. The zero-order chi connectivity index (χ0) is 16.2. The van der Waals surface area contributed by atoms with Crippen LogP contribution in [0.3, 0.4) is 0 Å². The molecule has 3 N–H and O–H groups in total. The Morgan fingerprint density at radius 1 is 1.43 bits per heavy atom. The minimum absolute atomic E-state index is 0. The van der Waals surface area contributed by atoms with E-state index in [0.717, 1.165) is 25.7 Å². The molecule has 0 aromatic carbocycles. The third kappa shape index (κ3) is 5.40. The molecule has 1 aromatic rings. The maximum absolute atomic E-state index is 12.4. The molecule has 9 heteroatoms. The molecule has 2 unspecified atom stereocenters. The van der Waals surface area contributed by atoms with E-state index in [4.69, 9.17) is 5.73 Å². The van der Waals surface area contributed by atoms with Crippen LogP contribution in [0.15, 0.2) is 0 Å². The highest BCUT2D eigenvalue weighted by atomic mass is 35.5. The molecule has 7 nitrogen and oxygen atoms in total. The Morgan fingerprint density at radius 3 is 2.83 bits per heavy atom. The second-order valence-electron chi connectivity index (χ2n) is 5.87. The van der Waals surface area contributed by atoms with Crippen LogP contribution in [0.25, 0.3) is 0 Å². The van der Waals surface area contributed by atoms with Gasteiger partial charge in [-0.25, -0.2) is 0 Å². The number of esters is 1. The summed E-state index contributed by atoms with van der Waals surface area (Å²) in [7, 11) is 1.35. The summed E-state index contributed by atoms with van der Waals surface area (Å²) in [6.07, 6.45) is 4.44. The van der Waals surface area contributed by atoms with E-state index >= 15 is 0 Å². The SMILES string of the molecule is COC(=O)CCc1nnc(NC(=O)C2CCCCC2(C)N)s1.Cl. The molecule has 130 valence electrons. The molecule has 0 aliphatic heterocycles. The van der Waals surface area contributed by atoms with Crippen molar-refractivity contribution >= 4 is 40.8 Å². The van der Waals surface area contributed by atoms with Gasteiger partial charge in [0.05, 0.1) is 19.4 Å². The van der Waals surface area contributed by atoms with Gasteiger partial charge in [-0.3, -0.25) is 9.59 Å². The third-order valence-electron chi connectivity index (χ3n) is 4.04. The molecular formula is C14H23ClN4O3S. The van der Waals surface area contributed by atoms with E-state index in [2.05, 4.69) is 20.3 Å². The van der Waals surface area contributed by atoms with Crippen molar-refractivity contribution in [3.8, 4) is 0 Å². The van der Waals surface area contributed by atoms with Gasteiger partial charge in [-0.2, -0.15) is 0 Å². The molecule has 0 bridgehead atoms. The molecular weight excluding hydrogens is 340 g/mol. The Labute approximate surface area is 145 Å². The molecule has 1 fully saturated rings. The zero-order valence-electron chi connectivity index (χ0n) is 13.3. The van der Waals surface area contributed by atoms with Crippen LogP contribution in [0.2, 0.25) is 0 Å². The first-order chi connectivity index (χ1) is 10.4. The Balaban J connectivity index is 0.00000264. The van der Waals surface area contributed by atoms with Crippen molar-refractivity contribution in [3.05, 3.63) is 5.01 Å². The minimum atomic E-state index is -0.471. The van der Waals surface area contributed by atoms with E-state index in [9.17, 15) is 9.59 Å². The summed E-state index contributed by atoms with van der Waals surface area (Å²) in [5, 5.41) is 11.9.